The van der Waals surface area contributed by atoms with Crippen LogP contribution in [0.4, 0.5) is 0 Å². The molecule has 1 aliphatic heterocycles. The van der Waals surface area contributed by atoms with Gasteiger partial charge in [-0.1, -0.05) is 20.3 Å². The van der Waals surface area contributed by atoms with Gasteiger partial charge in [0.15, 0.2) is 0 Å². The molecule has 0 aromatic carbocycles. The zero-order chi connectivity index (χ0) is 11.3. The van der Waals surface area contributed by atoms with Crippen molar-refractivity contribution >= 4 is 11.7 Å². The van der Waals surface area contributed by atoms with Crippen LogP contribution in [-0.2, 0) is 9.53 Å². The van der Waals surface area contributed by atoms with Gasteiger partial charge in [-0.25, -0.2) is 0 Å². The Bertz CT molecular complexity index is 245. The van der Waals surface area contributed by atoms with Crippen molar-refractivity contribution in [3.63, 3.8) is 0 Å². The first kappa shape index (κ1) is 12.2. The summed E-state index contributed by atoms with van der Waals surface area (Å²) in [5.74, 6) is 0.726. The van der Waals surface area contributed by atoms with Gasteiger partial charge in [-0.3, -0.25) is 9.79 Å². The van der Waals surface area contributed by atoms with Crippen LogP contribution in [-0.4, -0.2) is 30.5 Å². The molecular weight excluding hydrogens is 192 g/mol. The maximum atomic E-state index is 11.4. The number of nitrogens with zero attached hydrogens (tertiary/aromatic N) is 1. The van der Waals surface area contributed by atoms with Gasteiger partial charge in [-0.05, 0) is 19.8 Å². The topological polar surface area (TPSA) is 50.7 Å². The Morgan fingerprint density at radius 1 is 1.47 bits per heavy atom. The molecule has 1 N–H and O–H groups in total. The minimum Gasteiger partial charge on any atom is -0.371 e. The zero-order valence-corrected chi connectivity index (χ0v) is 9.75. The molecule has 86 valence electrons. The van der Waals surface area contributed by atoms with Gasteiger partial charge in [0.1, 0.15) is 18.0 Å². The van der Waals surface area contributed by atoms with Gasteiger partial charge in [0.2, 0.25) is 5.91 Å². The Morgan fingerprint density at radius 2 is 2.20 bits per heavy atom. The van der Waals surface area contributed by atoms with Gasteiger partial charge in [0, 0.05) is 6.61 Å². The number of hydrogen-bond donors (Lipinski definition) is 1. The summed E-state index contributed by atoms with van der Waals surface area (Å²) in [5, 5.41) is 2.81. The Hall–Kier alpha value is -0.900. The number of rotatable bonds is 6. The number of carbonyl (C=O) groups excluding carboxylic acids is 1. The van der Waals surface area contributed by atoms with E-state index >= 15 is 0 Å². The second kappa shape index (κ2) is 5.85. The van der Waals surface area contributed by atoms with Gasteiger partial charge >= 0.3 is 0 Å². The molecular formula is C11H20N2O2. The van der Waals surface area contributed by atoms with Crippen LogP contribution in [0, 0.1) is 0 Å². The van der Waals surface area contributed by atoms with Crippen molar-refractivity contribution in [2.24, 2.45) is 4.99 Å². The van der Waals surface area contributed by atoms with Crippen molar-refractivity contribution in [1.29, 1.82) is 0 Å². The van der Waals surface area contributed by atoms with E-state index in [1.165, 1.54) is 0 Å². The van der Waals surface area contributed by atoms with Crippen LogP contribution in [0.5, 0.6) is 0 Å². The zero-order valence-electron chi connectivity index (χ0n) is 9.75. The molecule has 1 aliphatic rings. The lowest BCUT2D eigenvalue weighted by Gasteiger charge is -2.15. The van der Waals surface area contributed by atoms with Gasteiger partial charge in [0.05, 0.1) is 0 Å². The highest BCUT2D eigenvalue weighted by Crippen LogP contribution is 2.11. The summed E-state index contributed by atoms with van der Waals surface area (Å²) >= 11 is 0. The lowest BCUT2D eigenvalue weighted by atomic mass is 10.2. The average molecular weight is 212 g/mol. The Kier molecular flexibility index (Phi) is 4.75. The highest BCUT2D eigenvalue weighted by molar-refractivity contribution is 6.07. The van der Waals surface area contributed by atoms with Crippen LogP contribution in [0.3, 0.4) is 0 Å². The van der Waals surface area contributed by atoms with Crippen LogP contribution in [0.15, 0.2) is 4.99 Å². The van der Waals surface area contributed by atoms with E-state index in [0.717, 1.165) is 25.1 Å². The highest BCUT2D eigenvalue weighted by Gasteiger charge is 2.29. The van der Waals surface area contributed by atoms with Gasteiger partial charge < -0.3 is 10.1 Å². The predicted octanol–water partition coefficient (Wildman–Crippen LogP) is 1.50. The minimum atomic E-state index is -0.209. The molecule has 4 heteroatoms. The van der Waals surface area contributed by atoms with E-state index in [1.54, 1.807) is 0 Å². The SMILES string of the molecule is CCCC(OCC)C1=NC(CC)C(=O)N1. The number of hydrogen-bond acceptors (Lipinski definition) is 3. The van der Waals surface area contributed by atoms with Crippen LogP contribution >= 0.6 is 0 Å². The molecule has 0 aromatic heterocycles. The van der Waals surface area contributed by atoms with Crippen LogP contribution < -0.4 is 5.32 Å². The van der Waals surface area contributed by atoms with Crippen LogP contribution in [0.1, 0.15) is 40.0 Å². The third-order valence-corrected chi connectivity index (χ3v) is 2.46. The van der Waals surface area contributed by atoms with E-state index in [9.17, 15) is 4.79 Å². The third kappa shape index (κ3) is 3.02. The first-order chi connectivity index (χ1) is 7.22. The van der Waals surface area contributed by atoms with Crippen molar-refractivity contribution < 1.29 is 9.53 Å². The van der Waals surface area contributed by atoms with E-state index in [-0.39, 0.29) is 18.1 Å². The number of carbonyl (C=O) groups is 1. The molecule has 0 radical (unpaired) electrons. The standard InChI is InChI=1S/C11H20N2O2/c1-4-7-9(15-6-3)10-12-8(5-2)11(14)13-10/h8-9H,4-7H2,1-3H3,(H,12,13,14). The predicted molar refractivity (Wildman–Crippen MR) is 60.0 cm³/mol. The van der Waals surface area contributed by atoms with Crippen molar-refractivity contribution in [1.82, 2.24) is 5.32 Å². The Balaban J connectivity index is 2.64. The smallest absolute Gasteiger partial charge is 0.250 e. The summed E-state index contributed by atoms with van der Waals surface area (Å²) in [6.45, 7) is 6.67. The number of amidine groups is 1. The van der Waals surface area contributed by atoms with Crippen molar-refractivity contribution in [3.8, 4) is 0 Å². The van der Waals surface area contributed by atoms with E-state index in [4.69, 9.17) is 4.74 Å². The fourth-order valence-electron chi connectivity index (χ4n) is 1.67. The Labute approximate surface area is 91.1 Å². The molecule has 0 aliphatic carbocycles. The molecule has 4 nitrogen and oxygen atoms in total. The highest BCUT2D eigenvalue weighted by atomic mass is 16.5. The number of amides is 1. The average Bonchev–Trinajstić information content (AvgIpc) is 2.59. The fraction of sp³-hybridized carbons (Fsp3) is 0.818. The third-order valence-electron chi connectivity index (χ3n) is 2.46. The number of nitrogens with one attached hydrogen (secondary N) is 1. The first-order valence-corrected chi connectivity index (χ1v) is 5.73. The second-order valence-corrected chi connectivity index (χ2v) is 3.66. The van der Waals surface area contributed by atoms with E-state index < -0.39 is 0 Å². The van der Waals surface area contributed by atoms with Gasteiger partial charge in [-0.2, -0.15) is 0 Å². The molecule has 0 fully saturated rings. The monoisotopic (exact) mass is 212 g/mol. The van der Waals surface area contributed by atoms with Crippen LogP contribution in [0.2, 0.25) is 0 Å². The minimum absolute atomic E-state index is 0.00769. The summed E-state index contributed by atoms with van der Waals surface area (Å²) in [6.07, 6.45) is 2.64. The van der Waals surface area contributed by atoms with E-state index in [2.05, 4.69) is 17.2 Å². The summed E-state index contributed by atoms with van der Waals surface area (Å²) in [6, 6.07) is -0.209. The molecule has 0 saturated carbocycles. The summed E-state index contributed by atoms with van der Waals surface area (Å²) in [4.78, 5) is 15.8. The lowest BCUT2D eigenvalue weighted by Crippen LogP contribution is -2.36. The summed E-state index contributed by atoms with van der Waals surface area (Å²) < 4.78 is 5.56. The molecule has 2 unspecified atom stereocenters. The molecule has 0 spiro atoms. The second-order valence-electron chi connectivity index (χ2n) is 3.66. The largest absolute Gasteiger partial charge is 0.371 e. The summed E-state index contributed by atoms with van der Waals surface area (Å²) in [5.41, 5.74) is 0. The molecule has 1 rings (SSSR count). The fourth-order valence-corrected chi connectivity index (χ4v) is 1.67. The van der Waals surface area contributed by atoms with E-state index in [1.807, 2.05) is 13.8 Å². The van der Waals surface area contributed by atoms with Crippen molar-refractivity contribution in [2.75, 3.05) is 6.61 Å². The Morgan fingerprint density at radius 3 is 2.67 bits per heavy atom. The van der Waals surface area contributed by atoms with E-state index in [0.29, 0.717) is 6.61 Å². The molecule has 2 atom stereocenters. The normalized spacial score (nSPS) is 22.5. The van der Waals surface area contributed by atoms with Crippen LogP contribution in [0.25, 0.3) is 0 Å². The summed E-state index contributed by atoms with van der Waals surface area (Å²) in [7, 11) is 0. The molecule has 15 heavy (non-hydrogen) atoms. The molecule has 0 bridgehead atoms. The first-order valence-electron chi connectivity index (χ1n) is 5.73. The number of ether oxygens (including phenoxy) is 1. The maximum absolute atomic E-state index is 11.4. The number of aliphatic imine (C=N–C) groups is 1. The quantitative estimate of drug-likeness (QED) is 0.725. The molecule has 0 aromatic rings. The molecule has 1 amide bonds. The van der Waals surface area contributed by atoms with Crippen molar-refractivity contribution in [2.45, 2.75) is 52.2 Å². The van der Waals surface area contributed by atoms with Gasteiger partial charge in [0.25, 0.3) is 0 Å². The lowest BCUT2D eigenvalue weighted by molar-refractivity contribution is -0.120. The molecule has 0 saturated heterocycles. The van der Waals surface area contributed by atoms with Gasteiger partial charge in [-0.15, -0.1) is 0 Å². The maximum Gasteiger partial charge on any atom is 0.250 e. The van der Waals surface area contributed by atoms with Crippen molar-refractivity contribution in [3.05, 3.63) is 0 Å². The molecule has 1 heterocycles.